The van der Waals surface area contributed by atoms with Crippen LogP contribution in [0.5, 0.6) is 0 Å². The van der Waals surface area contributed by atoms with E-state index in [0.29, 0.717) is 18.4 Å². The van der Waals surface area contributed by atoms with Gasteiger partial charge in [0.25, 0.3) is 0 Å². The second-order valence-electron chi connectivity index (χ2n) is 5.08. The van der Waals surface area contributed by atoms with Crippen LogP contribution in [-0.4, -0.2) is 19.0 Å². The van der Waals surface area contributed by atoms with Gasteiger partial charge in [-0.25, -0.2) is 0 Å². The van der Waals surface area contributed by atoms with E-state index < -0.39 is 0 Å². The predicted molar refractivity (Wildman–Crippen MR) is 68.7 cm³/mol. The summed E-state index contributed by atoms with van der Waals surface area (Å²) in [5.41, 5.74) is 0. The van der Waals surface area contributed by atoms with Gasteiger partial charge >= 0.3 is 0 Å². The van der Waals surface area contributed by atoms with Gasteiger partial charge < -0.3 is 10.6 Å². The average Bonchev–Trinajstić information content (AvgIpc) is 2.93. The molecule has 4 heteroatoms. The van der Waals surface area contributed by atoms with Crippen molar-refractivity contribution in [2.24, 2.45) is 17.8 Å². The van der Waals surface area contributed by atoms with Crippen LogP contribution in [0, 0.1) is 17.8 Å². The minimum Gasteiger partial charge on any atom is -0.351 e. The maximum atomic E-state index is 12.2. The molecule has 2 unspecified atom stereocenters. The molecular formula is C13H18N2OS. The molecule has 1 saturated carbocycles. The fraction of sp³-hybridized carbons (Fsp3) is 0.615. The molecule has 17 heavy (non-hydrogen) atoms. The molecule has 1 aromatic rings. The fourth-order valence-corrected chi connectivity index (χ4v) is 3.86. The van der Waals surface area contributed by atoms with Crippen LogP contribution < -0.4 is 10.6 Å². The molecule has 3 nitrogen and oxygen atoms in total. The topological polar surface area (TPSA) is 41.1 Å². The summed E-state index contributed by atoms with van der Waals surface area (Å²) in [7, 11) is 0. The lowest BCUT2D eigenvalue weighted by Gasteiger charge is -2.29. The Morgan fingerprint density at radius 3 is 2.82 bits per heavy atom. The van der Waals surface area contributed by atoms with Gasteiger partial charge in [0.2, 0.25) is 5.91 Å². The minimum absolute atomic E-state index is 0.260. The standard InChI is InChI=1S/C13H18N2OS/c16-13(15-8-11-2-1-5-17-11)12-9-3-4-10(12)7-14-6-9/h1-2,5,9-10,12,14H,3-4,6-8H2,(H,15,16). The molecular weight excluding hydrogens is 232 g/mol. The van der Waals surface area contributed by atoms with Crippen LogP contribution in [0.3, 0.4) is 0 Å². The number of carbonyl (C=O) groups is 1. The number of carbonyl (C=O) groups excluding carboxylic acids is 1. The van der Waals surface area contributed by atoms with Gasteiger partial charge in [-0.05, 0) is 49.2 Å². The molecule has 1 saturated heterocycles. The maximum Gasteiger partial charge on any atom is 0.224 e. The first kappa shape index (κ1) is 11.2. The summed E-state index contributed by atoms with van der Waals surface area (Å²) < 4.78 is 0. The highest BCUT2D eigenvalue weighted by atomic mass is 32.1. The summed E-state index contributed by atoms with van der Waals surface area (Å²) >= 11 is 1.70. The Bertz CT molecular complexity index is 374. The van der Waals surface area contributed by atoms with E-state index in [-0.39, 0.29) is 11.8 Å². The monoisotopic (exact) mass is 250 g/mol. The van der Waals surface area contributed by atoms with Crippen LogP contribution in [-0.2, 0) is 11.3 Å². The average molecular weight is 250 g/mol. The Labute approximate surface area is 106 Å². The molecule has 1 aliphatic heterocycles. The minimum atomic E-state index is 0.260. The second kappa shape index (κ2) is 4.78. The highest BCUT2D eigenvalue weighted by molar-refractivity contribution is 7.09. The first-order valence-corrected chi connectivity index (χ1v) is 7.23. The Morgan fingerprint density at radius 2 is 2.18 bits per heavy atom. The zero-order valence-corrected chi connectivity index (χ0v) is 10.6. The van der Waals surface area contributed by atoms with Gasteiger partial charge in [0.1, 0.15) is 0 Å². The Hall–Kier alpha value is -0.870. The first-order valence-electron chi connectivity index (χ1n) is 6.35. The van der Waals surface area contributed by atoms with Crippen molar-refractivity contribution in [1.82, 2.24) is 10.6 Å². The number of nitrogens with one attached hydrogen (secondary N) is 2. The third-order valence-electron chi connectivity index (χ3n) is 4.06. The molecule has 2 aliphatic rings. The number of thiophene rings is 1. The van der Waals surface area contributed by atoms with Crippen LogP contribution in [0.1, 0.15) is 17.7 Å². The quantitative estimate of drug-likeness (QED) is 0.855. The molecule has 0 radical (unpaired) electrons. The lowest BCUT2D eigenvalue weighted by molar-refractivity contribution is -0.128. The highest BCUT2D eigenvalue weighted by Crippen LogP contribution is 2.39. The number of amides is 1. The van der Waals surface area contributed by atoms with Crippen molar-refractivity contribution < 1.29 is 4.79 Å². The SMILES string of the molecule is O=C(NCc1cccs1)C1C2CCC1CNC2. The summed E-state index contributed by atoms with van der Waals surface area (Å²) in [5, 5.41) is 8.57. The van der Waals surface area contributed by atoms with Crippen molar-refractivity contribution >= 4 is 17.2 Å². The molecule has 2 fully saturated rings. The van der Waals surface area contributed by atoms with Gasteiger partial charge in [-0.1, -0.05) is 6.07 Å². The lowest BCUT2D eigenvalue weighted by atomic mass is 9.85. The summed E-state index contributed by atoms with van der Waals surface area (Å²) in [4.78, 5) is 13.5. The normalized spacial score (nSPS) is 31.4. The van der Waals surface area contributed by atoms with E-state index in [4.69, 9.17) is 0 Å². The summed E-state index contributed by atoms with van der Waals surface area (Å²) in [6.07, 6.45) is 2.43. The van der Waals surface area contributed by atoms with Gasteiger partial charge in [-0.3, -0.25) is 4.79 Å². The van der Waals surface area contributed by atoms with E-state index in [1.165, 1.54) is 17.7 Å². The molecule has 1 aromatic heterocycles. The maximum absolute atomic E-state index is 12.2. The Morgan fingerprint density at radius 1 is 1.41 bits per heavy atom. The molecule has 2 heterocycles. The van der Waals surface area contributed by atoms with Crippen LogP contribution >= 0.6 is 11.3 Å². The van der Waals surface area contributed by atoms with E-state index in [0.717, 1.165) is 13.1 Å². The molecule has 1 aliphatic carbocycles. The largest absolute Gasteiger partial charge is 0.351 e. The lowest BCUT2D eigenvalue weighted by Crippen LogP contribution is -2.45. The van der Waals surface area contributed by atoms with E-state index >= 15 is 0 Å². The highest BCUT2D eigenvalue weighted by Gasteiger charge is 2.42. The van der Waals surface area contributed by atoms with E-state index in [1.807, 2.05) is 6.07 Å². The van der Waals surface area contributed by atoms with E-state index in [1.54, 1.807) is 11.3 Å². The van der Waals surface area contributed by atoms with Crippen molar-refractivity contribution in [3.05, 3.63) is 22.4 Å². The molecule has 0 aromatic carbocycles. The molecule has 2 bridgehead atoms. The third kappa shape index (κ3) is 2.24. The number of fused-ring (bicyclic) bond motifs is 2. The molecule has 0 spiro atoms. The predicted octanol–water partition coefficient (Wildman–Crippen LogP) is 1.61. The van der Waals surface area contributed by atoms with Crippen LogP contribution in [0.25, 0.3) is 0 Å². The number of rotatable bonds is 3. The van der Waals surface area contributed by atoms with Crippen LogP contribution in [0.4, 0.5) is 0 Å². The van der Waals surface area contributed by atoms with Crippen molar-refractivity contribution in [3.63, 3.8) is 0 Å². The second-order valence-corrected chi connectivity index (χ2v) is 6.11. The van der Waals surface area contributed by atoms with Crippen molar-refractivity contribution in [2.75, 3.05) is 13.1 Å². The van der Waals surface area contributed by atoms with E-state index in [9.17, 15) is 4.79 Å². The molecule has 1 amide bonds. The summed E-state index contributed by atoms with van der Waals surface area (Å²) in [6.45, 7) is 2.74. The van der Waals surface area contributed by atoms with Crippen molar-refractivity contribution in [3.8, 4) is 0 Å². The third-order valence-corrected chi connectivity index (χ3v) is 4.93. The molecule has 2 N–H and O–H groups in total. The zero-order valence-electron chi connectivity index (χ0n) is 9.82. The van der Waals surface area contributed by atoms with Gasteiger partial charge in [0.15, 0.2) is 0 Å². The summed E-state index contributed by atoms with van der Waals surface area (Å²) in [6, 6.07) is 4.10. The van der Waals surface area contributed by atoms with Crippen molar-refractivity contribution in [1.29, 1.82) is 0 Å². The summed E-state index contributed by atoms with van der Waals surface area (Å²) in [5.74, 6) is 1.66. The number of hydrogen-bond donors (Lipinski definition) is 2. The van der Waals surface area contributed by atoms with Crippen molar-refractivity contribution in [2.45, 2.75) is 19.4 Å². The first-order chi connectivity index (χ1) is 8.34. The van der Waals surface area contributed by atoms with Gasteiger partial charge in [-0.2, -0.15) is 0 Å². The smallest absolute Gasteiger partial charge is 0.224 e. The fourth-order valence-electron chi connectivity index (χ4n) is 3.22. The van der Waals surface area contributed by atoms with E-state index in [2.05, 4.69) is 22.1 Å². The number of hydrogen-bond acceptors (Lipinski definition) is 3. The van der Waals surface area contributed by atoms with Gasteiger partial charge in [-0.15, -0.1) is 11.3 Å². The Balaban J connectivity index is 1.59. The molecule has 92 valence electrons. The Kier molecular flexibility index (Phi) is 3.16. The zero-order chi connectivity index (χ0) is 11.7. The van der Waals surface area contributed by atoms with Crippen LogP contribution in [0.15, 0.2) is 17.5 Å². The molecule has 2 atom stereocenters. The van der Waals surface area contributed by atoms with Gasteiger partial charge in [0, 0.05) is 10.8 Å². The number of piperidine rings is 1. The molecule has 3 rings (SSSR count). The van der Waals surface area contributed by atoms with Crippen LogP contribution in [0.2, 0.25) is 0 Å². The van der Waals surface area contributed by atoms with Gasteiger partial charge in [0.05, 0.1) is 6.54 Å².